The molecule has 0 N–H and O–H groups in total. The third-order valence-electron chi connectivity index (χ3n) is 4.47. The Labute approximate surface area is 174 Å². The Balaban J connectivity index is 1.89. The van der Waals surface area contributed by atoms with Gasteiger partial charge in [0, 0.05) is 16.1 Å². The number of carbonyl (C=O) groups excluding carboxylic acids is 2. The van der Waals surface area contributed by atoms with E-state index in [1.165, 1.54) is 29.2 Å². The number of carbonyl (C=O) groups is 2. The normalized spacial score (nSPS) is 14.9. The number of nitrogens with zero attached hydrogens (tertiary/aromatic N) is 2. The van der Waals surface area contributed by atoms with Gasteiger partial charge in [-0.25, -0.2) is 0 Å². The van der Waals surface area contributed by atoms with Crippen LogP contribution in [0.5, 0.6) is 0 Å². The summed E-state index contributed by atoms with van der Waals surface area (Å²) in [7, 11) is 0. The molecule has 0 radical (unpaired) electrons. The first kappa shape index (κ1) is 21.4. The third kappa shape index (κ3) is 4.47. The van der Waals surface area contributed by atoms with Crippen molar-refractivity contribution in [1.29, 1.82) is 5.26 Å². The van der Waals surface area contributed by atoms with Crippen LogP contribution in [0.25, 0.3) is 0 Å². The van der Waals surface area contributed by atoms with Gasteiger partial charge in [-0.3, -0.25) is 9.59 Å². The van der Waals surface area contributed by atoms with Crippen molar-refractivity contribution in [1.82, 2.24) is 4.90 Å². The molecule has 0 spiro atoms. The zero-order valence-electron chi connectivity index (χ0n) is 15.3. The molecule has 3 rings (SSSR count). The largest absolute Gasteiger partial charge is 0.497 e. The molecule has 2 aromatic carbocycles. The summed E-state index contributed by atoms with van der Waals surface area (Å²) in [6.45, 7) is 0.265. The molecule has 1 amide bonds. The maximum atomic E-state index is 12.9. The van der Waals surface area contributed by atoms with E-state index in [2.05, 4.69) is 0 Å². The summed E-state index contributed by atoms with van der Waals surface area (Å²) in [5.41, 5.74) is -0.674. The maximum Gasteiger partial charge on any atom is 0.416 e. The molecule has 0 bridgehead atoms. The fourth-order valence-corrected chi connectivity index (χ4v) is 3.05. The lowest BCUT2D eigenvalue weighted by molar-refractivity contribution is -0.137. The average molecular weight is 435 g/mol. The van der Waals surface area contributed by atoms with E-state index in [-0.39, 0.29) is 24.4 Å². The first-order chi connectivity index (χ1) is 14.2. The van der Waals surface area contributed by atoms with Gasteiger partial charge >= 0.3 is 6.18 Å². The van der Waals surface area contributed by atoms with Crippen molar-refractivity contribution >= 4 is 23.3 Å². The smallest absolute Gasteiger partial charge is 0.416 e. The van der Waals surface area contributed by atoms with Crippen molar-refractivity contribution in [2.45, 2.75) is 6.18 Å². The lowest BCUT2D eigenvalue weighted by Crippen LogP contribution is -2.40. The van der Waals surface area contributed by atoms with Crippen LogP contribution in [-0.2, 0) is 10.9 Å². The summed E-state index contributed by atoms with van der Waals surface area (Å²) in [5.74, 6) is -2.63. The summed E-state index contributed by atoms with van der Waals surface area (Å²) in [4.78, 5) is 27.0. The molecular formula is C21H14ClF3N2O3. The van der Waals surface area contributed by atoms with Gasteiger partial charge in [-0.1, -0.05) is 23.7 Å². The van der Waals surface area contributed by atoms with E-state index in [0.29, 0.717) is 10.6 Å². The van der Waals surface area contributed by atoms with E-state index in [1.54, 1.807) is 0 Å². The topological polar surface area (TPSA) is 70.4 Å². The predicted octanol–water partition coefficient (Wildman–Crippen LogP) is 4.70. The fourth-order valence-electron chi connectivity index (χ4n) is 2.92. The minimum absolute atomic E-state index is 0.0218. The standard InChI is InChI=1S/C21H14ClF3N2O3/c22-16-7-3-14(4-8-16)20(29)27-9-10-30-12-18(27)17(11-26)19(28)13-1-5-15(6-2-13)21(23,24)25/h1-8,12,17H,9-10H2. The summed E-state index contributed by atoms with van der Waals surface area (Å²) >= 11 is 5.84. The summed E-state index contributed by atoms with van der Waals surface area (Å²) < 4.78 is 43.5. The predicted molar refractivity (Wildman–Crippen MR) is 101 cm³/mol. The fraction of sp³-hybridized carbons (Fsp3) is 0.190. The van der Waals surface area contributed by atoms with Crippen molar-refractivity contribution in [3.8, 4) is 6.07 Å². The first-order valence-corrected chi connectivity index (χ1v) is 9.10. The zero-order chi connectivity index (χ0) is 21.9. The van der Waals surface area contributed by atoms with Crippen LogP contribution in [0.15, 0.2) is 60.5 Å². The molecule has 0 aliphatic carbocycles. The number of benzene rings is 2. The summed E-state index contributed by atoms with van der Waals surface area (Å²) in [6.07, 6.45) is -3.38. The highest BCUT2D eigenvalue weighted by atomic mass is 35.5. The molecule has 1 heterocycles. The van der Waals surface area contributed by atoms with Gasteiger partial charge in [0.1, 0.15) is 12.9 Å². The minimum atomic E-state index is -4.54. The van der Waals surface area contributed by atoms with Gasteiger partial charge in [-0.05, 0) is 36.4 Å². The second-order valence-electron chi connectivity index (χ2n) is 6.38. The van der Waals surface area contributed by atoms with E-state index >= 15 is 0 Å². The number of hydrogen-bond acceptors (Lipinski definition) is 4. The second-order valence-corrected chi connectivity index (χ2v) is 6.82. The molecule has 0 fully saturated rings. The van der Waals surface area contributed by atoms with E-state index in [0.717, 1.165) is 30.5 Å². The number of ketones is 1. The van der Waals surface area contributed by atoms with E-state index in [1.807, 2.05) is 6.07 Å². The van der Waals surface area contributed by atoms with Crippen LogP contribution in [0.2, 0.25) is 5.02 Å². The Kier molecular flexibility index (Phi) is 6.13. The average Bonchev–Trinajstić information content (AvgIpc) is 2.74. The maximum absolute atomic E-state index is 12.9. The lowest BCUT2D eigenvalue weighted by atomic mass is 9.94. The number of allylic oxidation sites excluding steroid dienone is 1. The molecule has 1 unspecified atom stereocenters. The molecule has 1 aliphatic heterocycles. The van der Waals surface area contributed by atoms with E-state index < -0.39 is 29.3 Å². The Morgan fingerprint density at radius 1 is 1.07 bits per heavy atom. The molecule has 9 heteroatoms. The van der Waals surface area contributed by atoms with Crippen molar-refractivity contribution < 1.29 is 27.5 Å². The number of alkyl halides is 3. The molecule has 1 aliphatic rings. The molecule has 5 nitrogen and oxygen atoms in total. The molecule has 30 heavy (non-hydrogen) atoms. The lowest BCUT2D eigenvalue weighted by Gasteiger charge is -2.30. The highest BCUT2D eigenvalue weighted by molar-refractivity contribution is 6.30. The van der Waals surface area contributed by atoms with Crippen LogP contribution >= 0.6 is 11.6 Å². The SMILES string of the molecule is N#CC(C(=O)c1ccc(C(F)(F)F)cc1)C1=COCCN1C(=O)c1ccc(Cl)cc1. The highest BCUT2D eigenvalue weighted by Crippen LogP contribution is 2.30. The van der Waals surface area contributed by atoms with Gasteiger partial charge in [0.25, 0.3) is 5.91 Å². The molecule has 0 aromatic heterocycles. The first-order valence-electron chi connectivity index (χ1n) is 8.72. The highest BCUT2D eigenvalue weighted by Gasteiger charge is 2.34. The number of nitriles is 1. The summed E-state index contributed by atoms with van der Waals surface area (Å²) in [6, 6.07) is 11.5. The van der Waals surface area contributed by atoms with Crippen molar-refractivity contribution in [2.75, 3.05) is 13.2 Å². The Morgan fingerprint density at radius 2 is 1.67 bits per heavy atom. The molecular weight excluding hydrogens is 421 g/mol. The number of halogens is 4. The molecule has 154 valence electrons. The van der Waals surface area contributed by atoms with Crippen LogP contribution in [0.4, 0.5) is 13.2 Å². The quantitative estimate of drug-likeness (QED) is 0.654. The second kappa shape index (κ2) is 8.59. The van der Waals surface area contributed by atoms with E-state index in [9.17, 15) is 28.0 Å². The van der Waals surface area contributed by atoms with Gasteiger partial charge < -0.3 is 9.64 Å². The van der Waals surface area contributed by atoms with Gasteiger partial charge in [0.05, 0.1) is 23.9 Å². The molecule has 2 aromatic rings. The number of amides is 1. The van der Waals surface area contributed by atoms with Crippen LogP contribution in [-0.4, -0.2) is 29.7 Å². The number of Topliss-reactive ketones (excluding diaryl/α,β-unsaturated/α-hetero) is 1. The number of rotatable bonds is 4. The van der Waals surface area contributed by atoms with Crippen LogP contribution in [0.3, 0.4) is 0 Å². The number of hydrogen-bond donors (Lipinski definition) is 0. The Hall–Kier alpha value is -3.31. The molecule has 0 saturated heterocycles. The van der Waals surface area contributed by atoms with Crippen LogP contribution < -0.4 is 0 Å². The van der Waals surface area contributed by atoms with Crippen LogP contribution in [0, 0.1) is 17.2 Å². The monoisotopic (exact) mass is 434 g/mol. The van der Waals surface area contributed by atoms with Gasteiger partial charge in [-0.2, -0.15) is 18.4 Å². The van der Waals surface area contributed by atoms with Crippen molar-refractivity contribution in [2.24, 2.45) is 5.92 Å². The molecule has 1 atom stereocenters. The molecule has 0 saturated carbocycles. The van der Waals surface area contributed by atoms with Crippen LogP contribution in [0.1, 0.15) is 26.3 Å². The summed E-state index contributed by atoms with van der Waals surface area (Å²) in [5, 5.41) is 10.0. The Bertz CT molecular complexity index is 1030. The van der Waals surface area contributed by atoms with Gasteiger partial charge in [-0.15, -0.1) is 0 Å². The van der Waals surface area contributed by atoms with Crippen molar-refractivity contribution in [3.05, 3.63) is 82.2 Å². The minimum Gasteiger partial charge on any atom is -0.497 e. The van der Waals surface area contributed by atoms with Gasteiger partial charge in [0.15, 0.2) is 11.7 Å². The number of ether oxygens (including phenoxy) is 1. The Morgan fingerprint density at radius 3 is 2.23 bits per heavy atom. The van der Waals surface area contributed by atoms with Gasteiger partial charge in [0.2, 0.25) is 0 Å². The third-order valence-corrected chi connectivity index (χ3v) is 4.72. The van der Waals surface area contributed by atoms with E-state index in [4.69, 9.17) is 16.3 Å². The zero-order valence-corrected chi connectivity index (χ0v) is 16.1. The van der Waals surface area contributed by atoms with Crippen molar-refractivity contribution in [3.63, 3.8) is 0 Å².